The maximum absolute atomic E-state index is 11.9. The van der Waals surface area contributed by atoms with Gasteiger partial charge in [-0.15, -0.1) is 0 Å². The Morgan fingerprint density at radius 2 is 1.95 bits per heavy atom. The molecule has 0 heterocycles. The molecule has 3 N–H and O–H groups in total. The monoisotopic (exact) mass is 300 g/mol. The van der Waals surface area contributed by atoms with Crippen molar-refractivity contribution in [1.82, 2.24) is 10.6 Å². The lowest BCUT2D eigenvalue weighted by Gasteiger charge is -2.36. The van der Waals surface area contributed by atoms with Gasteiger partial charge < -0.3 is 20.5 Å². The zero-order valence-corrected chi connectivity index (χ0v) is 13.1. The number of hydrogen-bond donors (Lipinski definition) is 3. The summed E-state index contributed by atoms with van der Waals surface area (Å²) in [6.45, 7) is 5.73. The summed E-state index contributed by atoms with van der Waals surface area (Å²) in [7, 11) is 0. The Hall–Kier alpha value is -1.30. The van der Waals surface area contributed by atoms with Gasteiger partial charge in [0.1, 0.15) is 5.54 Å². The van der Waals surface area contributed by atoms with Crippen LogP contribution < -0.4 is 10.6 Å². The molecule has 0 aromatic rings. The lowest BCUT2D eigenvalue weighted by atomic mass is 9.77. The first-order chi connectivity index (χ1) is 10.00. The fraction of sp³-hybridized carbons (Fsp3) is 0.867. The van der Waals surface area contributed by atoms with Gasteiger partial charge in [0.05, 0.1) is 6.61 Å². The number of carboxylic acids is 1. The summed E-state index contributed by atoms with van der Waals surface area (Å²) in [6, 6.07) is -0.425. The second-order valence-electron chi connectivity index (χ2n) is 5.92. The number of hydrogen-bond acceptors (Lipinski definition) is 3. The topological polar surface area (TPSA) is 87.7 Å². The Balaban J connectivity index is 2.31. The van der Waals surface area contributed by atoms with Gasteiger partial charge in [-0.25, -0.2) is 9.59 Å². The first-order valence-electron chi connectivity index (χ1n) is 7.87. The number of urea groups is 1. The van der Waals surface area contributed by atoms with Crippen LogP contribution in [0.2, 0.25) is 0 Å². The van der Waals surface area contributed by atoms with Gasteiger partial charge in [0.15, 0.2) is 0 Å². The summed E-state index contributed by atoms with van der Waals surface area (Å²) in [5.41, 5.74) is -1.11. The Morgan fingerprint density at radius 3 is 2.52 bits per heavy atom. The molecule has 0 atom stereocenters. The van der Waals surface area contributed by atoms with Crippen molar-refractivity contribution in [3.8, 4) is 0 Å². The molecular weight excluding hydrogens is 272 g/mol. The van der Waals surface area contributed by atoms with Crippen LogP contribution in [0.25, 0.3) is 0 Å². The van der Waals surface area contributed by atoms with E-state index in [1.54, 1.807) is 0 Å². The molecule has 1 rings (SSSR count). The molecule has 0 radical (unpaired) electrons. The van der Waals surface area contributed by atoms with Gasteiger partial charge in [-0.1, -0.05) is 20.3 Å². The third-order valence-electron chi connectivity index (χ3n) is 4.06. The Kier molecular flexibility index (Phi) is 7.50. The molecule has 6 nitrogen and oxygen atoms in total. The molecule has 1 fully saturated rings. The SMILES string of the molecule is CCCCOCCNC(=O)NC1(C(=O)O)CCC(C)CC1. The fourth-order valence-electron chi connectivity index (χ4n) is 2.49. The molecule has 0 aliphatic heterocycles. The summed E-state index contributed by atoms with van der Waals surface area (Å²) in [6.07, 6.45) is 4.72. The van der Waals surface area contributed by atoms with Crippen LogP contribution >= 0.6 is 0 Å². The van der Waals surface area contributed by atoms with Gasteiger partial charge >= 0.3 is 12.0 Å². The van der Waals surface area contributed by atoms with E-state index in [-0.39, 0.29) is 0 Å². The van der Waals surface area contributed by atoms with Gasteiger partial charge in [-0.2, -0.15) is 0 Å². The summed E-state index contributed by atoms with van der Waals surface area (Å²) < 4.78 is 5.34. The number of carbonyl (C=O) groups is 2. The number of nitrogens with one attached hydrogen (secondary N) is 2. The smallest absolute Gasteiger partial charge is 0.329 e. The van der Waals surface area contributed by atoms with E-state index in [0.717, 1.165) is 25.7 Å². The second-order valence-corrected chi connectivity index (χ2v) is 5.92. The van der Waals surface area contributed by atoms with E-state index in [2.05, 4.69) is 24.5 Å². The van der Waals surface area contributed by atoms with Gasteiger partial charge in [-0.3, -0.25) is 0 Å². The number of ether oxygens (including phenoxy) is 1. The van der Waals surface area contributed by atoms with Crippen molar-refractivity contribution in [3.05, 3.63) is 0 Å². The summed E-state index contributed by atoms with van der Waals surface area (Å²) in [4.78, 5) is 23.3. The second kappa shape index (κ2) is 8.87. The van der Waals surface area contributed by atoms with Crippen LogP contribution in [0.1, 0.15) is 52.4 Å². The lowest BCUT2D eigenvalue weighted by molar-refractivity contribution is -0.146. The van der Waals surface area contributed by atoms with Crippen molar-refractivity contribution in [2.75, 3.05) is 19.8 Å². The van der Waals surface area contributed by atoms with Crippen molar-refractivity contribution in [3.63, 3.8) is 0 Å². The van der Waals surface area contributed by atoms with E-state index in [1.165, 1.54) is 0 Å². The van der Waals surface area contributed by atoms with Gasteiger partial charge in [-0.05, 0) is 38.0 Å². The highest BCUT2D eigenvalue weighted by molar-refractivity contribution is 5.86. The number of rotatable bonds is 8. The number of carboxylic acid groups (broad SMARTS) is 1. The van der Waals surface area contributed by atoms with E-state index in [1.807, 2.05) is 0 Å². The van der Waals surface area contributed by atoms with Gasteiger partial charge in [0.2, 0.25) is 0 Å². The minimum absolute atomic E-state index is 0.391. The highest BCUT2D eigenvalue weighted by Gasteiger charge is 2.42. The molecule has 1 aliphatic rings. The van der Waals surface area contributed by atoms with Gasteiger partial charge in [0.25, 0.3) is 0 Å². The molecule has 6 heteroatoms. The predicted molar refractivity (Wildman–Crippen MR) is 80.3 cm³/mol. The fourth-order valence-corrected chi connectivity index (χ4v) is 2.49. The molecule has 0 saturated heterocycles. The summed E-state index contributed by atoms with van der Waals surface area (Å²) in [5.74, 6) is -0.418. The molecule has 21 heavy (non-hydrogen) atoms. The van der Waals surface area contributed by atoms with Crippen molar-refractivity contribution in [1.29, 1.82) is 0 Å². The maximum atomic E-state index is 11.9. The standard InChI is InChI=1S/C15H28N2O4/c1-3-4-10-21-11-9-16-14(20)17-15(13(18)19)7-5-12(2)6-8-15/h12H,3-11H2,1-2H3,(H,18,19)(H2,16,17,20). The largest absolute Gasteiger partial charge is 0.480 e. The molecule has 1 saturated carbocycles. The third-order valence-corrected chi connectivity index (χ3v) is 4.06. The van der Waals surface area contributed by atoms with Crippen LogP contribution in [-0.4, -0.2) is 42.4 Å². The van der Waals surface area contributed by atoms with E-state index in [0.29, 0.717) is 38.5 Å². The Morgan fingerprint density at radius 1 is 1.29 bits per heavy atom. The van der Waals surface area contributed by atoms with Crippen LogP contribution in [0.5, 0.6) is 0 Å². The normalized spacial score (nSPS) is 25.3. The van der Waals surface area contributed by atoms with Crippen LogP contribution in [0.3, 0.4) is 0 Å². The van der Waals surface area contributed by atoms with Crippen LogP contribution in [-0.2, 0) is 9.53 Å². The minimum atomic E-state index is -1.11. The number of unbranched alkanes of at least 4 members (excludes halogenated alkanes) is 1. The molecule has 0 spiro atoms. The van der Waals surface area contributed by atoms with Crippen molar-refractivity contribution in [2.45, 2.75) is 57.9 Å². The molecule has 122 valence electrons. The zero-order valence-electron chi connectivity index (χ0n) is 13.1. The molecule has 0 unspecified atom stereocenters. The number of amides is 2. The van der Waals surface area contributed by atoms with E-state index < -0.39 is 17.5 Å². The number of carbonyl (C=O) groups excluding carboxylic acids is 1. The van der Waals surface area contributed by atoms with Crippen molar-refractivity contribution < 1.29 is 19.4 Å². The van der Waals surface area contributed by atoms with Crippen molar-refractivity contribution in [2.24, 2.45) is 5.92 Å². The van der Waals surface area contributed by atoms with E-state index in [4.69, 9.17) is 4.74 Å². The quantitative estimate of drug-likeness (QED) is 0.599. The average molecular weight is 300 g/mol. The number of aliphatic carboxylic acids is 1. The van der Waals surface area contributed by atoms with E-state index in [9.17, 15) is 14.7 Å². The molecule has 2 amide bonds. The first kappa shape index (κ1) is 17.8. The third kappa shape index (κ3) is 5.91. The summed E-state index contributed by atoms with van der Waals surface area (Å²) >= 11 is 0. The summed E-state index contributed by atoms with van der Waals surface area (Å²) in [5, 5.41) is 14.7. The van der Waals surface area contributed by atoms with Crippen LogP contribution in [0.15, 0.2) is 0 Å². The van der Waals surface area contributed by atoms with Crippen molar-refractivity contribution >= 4 is 12.0 Å². The Labute approximate surface area is 126 Å². The van der Waals surface area contributed by atoms with Gasteiger partial charge in [0, 0.05) is 13.2 Å². The highest BCUT2D eigenvalue weighted by atomic mass is 16.5. The van der Waals surface area contributed by atoms with E-state index >= 15 is 0 Å². The lowest BCUT2D eigenvalue weighted by Crippen LogP contribution is -2.58. The van der Waals surface area contributed by atoms with Crippen LogP contribution in [0.4, 0.5) is 4.79 Å². The predicted octanol–water partition coefficient (Wildman–Crippen LogP) is 2.14. The highest BCUT2D eigenvalue weighted by Crippen LogP contribution is 2.32. The minimum Gasteiger partial charge on any atom is -0.480 e. The first-order valence-corrected chi connectivity index (χ1v) is 7.87. The molecule has 0 aromatic heterocycles. The molecule has 0 bridgehead atoms. The van der Waals surface area contributed by atoms with Crippen LogP contribution in [0, 0.1) is 5.92 Å². The average Bonchev–Trinajstić information content (AvgIpc) is 2.45. The molecule has 0 aromatic carbocycles. The maximum Gasteiger partial charge on any atom is 0.329 e. The Bertz CT molecular complexity index is 339. The molecule has 1 aliphatic carbocycles. The molecular formula is C15H28N2O4. The zero-order chi connectivity index (χ0) is 15.7.